The Bertz CT molecular complexity index is 677. The molecule has 0 unspecified atom stereocenters. The maximum Gasteiger partial charge on any atom is 0.193 e. The number of nitrogens with two attached hydrogens (primary N) is 1. The van der Waals surface area contributed by atoms with Crippen LogP contribution in [0, 0.1) is 6.92 Å². The zero-order chi connectivity index (χ0) is 14.1. The zero-order valence-electron chi connectivity index (χ0n) is 11.5. The number of aryl methyl sites for hydroxylation is 2. The van der Waals surface area contributed by atoms with Crippen molar-refractivity contribution in [2.24, 2.45) is 0 Å². The lowest BCUT2D eigenvalue weighted by Crippen LogP contribution is -2.10. The van der Waals surface area contributed by atoms with E-state index in [1.807, 2.05) is 37.3 Å². The van der Waals surface area contributed by atoms with Gasteiger partial charge in [0.25, 0.3) is 0 Å². The van der Waals surface area contributed by atoms with E-state index in [4.69, 9.17) is 10.5 Å². The minimum Gasteiger partial charge on any atom is -0.493 e. The van der Waals surface area contributed by atoms with Crippen LogP contribution in [-0.4, -0.2) is 12.4 Å². The van der Waals surface area contributed by atoms with E-state index >= 15 is 0 Å². The first-order valence-corrected chi connectivity index (χ1v) is 6.82. The number of rotatable bonds is 2. The van der Waals surface area contributed by atoms with Gasteiger partial charge in [-0.05, 0) is 55.2 Å². The van der Waals surface area contributed by atoms with Crippen molar-refractivity contribution in [2.75, 3.05) is 12.3 Å². The molecule has 2 N–H and O–H groups in total. The van der Waals surface area contributed by atoms with Gasteiger partial charge >= 0.3 is 0 Å². The van der Waals surface area contributed by atoms with E-state index < -0.39 is 0 Å². The highest BCUT2D eigenvalue weighted by Gasteiger charge is 2.15. The minimum atomic E-state index is 0.00470. The van der Waals surface area contributed by atoms with Crippen molar-refractivity contribution >= 4 is 11.5 Å². The van der Waals surface area contributed by atoms with Crippen LogP contribution in [0.15, 0.2) is 36.4 Å². The van der Waals surface area contributed by atoms with Crippen LogP contribution in [0.2, 0.25) is 0 Å². The molecule has 0 aromatic heterocycles. The van der Waals surface area contributed by atoms with Crippen molar-refractivity contribution in [3.63, 3.8) is 0 Å². The largest absolute Gasteiger partial charge is 0.493 e. The van der Waals surface area contributed by atoms with Crippen LogP contribution in [-0.2, 0) is 6.42 Å². The van der Waals surface area contributed by atoms with Crippen molar-refractivity contribution in [2.45, 2.75) is 19.8 Å². The van der Waals surface area contributed by atoms with Gasteiger partial charge in [-0.1, -0.05) is 12.1 Å². The maximum atomic E-state index is 12.5. The molecule has 0 fully saturated rings. The summed E-state index contributed by atoms with van der Waals surface area (Å²) in [4.78, 5) is 12.5. The molecular formula is C17H17NO2. The second kappa shape index (κ2) is 5.00. The molecule has 3 rings (SSSR count). The van der Waals surface area contributed by atoms with Crippen LogP contribution in [0.25, 0.3) is 0 Å². The Morgan fingerprint density at radius 1 is 1.15 bits per heavy atom. The second-order valence-electron chi connectivity index (χ2n) is 5.18. The maximum absolute atomic E-state index is 12.5. The average molecular weight is 267 g/mol. The van der Waals surface area contributed by atoms with Gasteiger partial charge in [-0.3, -0.25) is 4.79 Å². The van der Waals surface area contributed by atoms with Crippen LogP contribution >= 0.6 is 0 Å². The number of carbonyl (C=O) groups is 1. The van der Waals surface area contributed by atoms with E-state index in [0.29, 0.717) is 16.8 Å². The molecule has 0 saturated carbocycles. The quantitative estimate of drug-likeness (QED) is 0.672. The lowest BCUT2D eigenvalue weighted by molar-refractivity contribution is 0.103. The monoisotopic (exact) mass is 267 g/mol. The van der Waals surface area contributed by atoms with E-state index in [1.165, 1.54) is 0 Å². The van der Waals surface area contributed by atoms with E-state index in [-0.39, 0.29) is 5.78 Å². The molecule has 1 aliphatic heterocycles. The Balaban J connectivity index is 1.95. The van der Waals surface area contributed by atoms with Gasteiger partial charge in [0.15, 0.2) is 5.78 Å². The molecule has 102 valence electrons. The van der Waals surface area contributed by atoms with Crippen LogP contribution in [0.5, 0.6) is 5.75 Å². The van der Waals surface area contributed by atoms with Crippen LogP contribution in [0.3, 0.4) is 0 Å². The number of fused-ring (bicyclic) bond motifs is 1. The van der Waals surface area contributed by atoms with E-state index in [2.05, 4.69) is 0 Å². The summed E-state index contributed by atoms with van der Waals surface area (Å²) in [5, 5.41) is 0. The fourth-order valence-electron chi connectivity index (χ4n) is 2.45. The molecule has 0 spiro atoms. The third-order valence-electron chi connectivity index (χ3n) is 3.71. The summed E-state index contributed by atoms with van der Waals surface area (Å²) < 4.78 is 5.57. The predicted molar refractivity (Wildman–Crippen MR) is 79.3 cm³/mol. The molecule has 0 radical (unpaired) electrons. The smallest absolute Gasteiger partial charge is 0.193 e. The number of benzene rings is 2. The summed E-state index contributed by atoms with van der Waals surface area (Å²) in [6, 6.07) is 11.1. The SMILES string of the molecule is Cc1ccc(C(=O)c2ccc3c(c2)CCCO3)cc1N. The van der Waals surface area contributed by atoms with Crippen molar-refractivity contribution in [1.29, 1.82) is 0 Å². The molecule has 0 aliphatic carbocycles. The summed E-state index contributed by atoms with van der Waals surface area (Å²) in [5.74, 6) is 0.904. The molecule has 0 saturated heterocycles. The Morgan fingerprint density at radius 2 is 1.90 bits per heavy atom. The fourth-order valence-corrected chi connectivity index (χ4v) is 2.45. The first-order chi connectivity index (χ1) is 9.65. The van der Waals surface area contributed by atoms with E-state index in [9.17, 15) is 4.79 Å². The van der Waals surface area contributed by atoms with E-state index in [0.717, 1.165) is 36.3 Å². The van der Waals surface area contributed by atoms with Crippen molar-refractivity contribution in [3.8, 4) is 5.75 Å². The van der Waals surface area contributed by atoms with Gasteiger partial charge in [-0.25, -0.2) is 0 Å². The zero-order valence-corrected chi connectivity index (χ0v) is 11.5. The molecule has 0 bridgehead atoms. The van der Waals surface area contributed by atoms with Crippen LogP contribution in [0.4, 0.5) is 5.69 Å². The Labute approximate surface area is 118 Å². The molecule has 2 aromatic carbocycles. The first-order valence-electron chi connectivity index (χ1n) is 6.82. The number of carbonyl (C=O) groups excluding carboxylic acids is 1. The fraction of sp³-hybridized carbons (Fsp3) is 0.235. The highest BCUT2D eigenvalue weighted by molar-refractivity contribution is 6.09. The predicted octanol–water partition coefficient (Wildman–Crippen LogP) is 3.13. The highest BCUT2D eigenvalue weighted by Crippen LogP contribution is 2.27. The molecule has 2 aromatic rings. The average Bonchev–Trinajstić information content (AvgIpc) is 2.49. The van der Waals surface area contributed by atoms with Gasteiger partial charge in [-0.2, -0.15) is 0 Å². The normalized spacial score (nSPS) is 13.4. The highest BCUT2D eigenvalue weighted by atomic mass is 16.5. The Hall–Kier alpha value is -2.29. The van der Waals surface area contributed by atoms with Crippen LogP contribution < -0.4 is 10.5 Å². The van der Waals surface area contributed by atoms with Gasteiger partial charge in [0.05, 0.1) is 6.61 Å². The number of nitrogen functional groups attached to an aromatic ring is 1. The summed E-state index contributed by atoms with van der Waals surface area (Å²) in [7, 11) is 0. The minimum absolute atomic E-state index is 0.00470. The van der Waals surface area contributed by atoms with Gasteiger partial charge in [0.1, 0.15) is 5.75 Å². The number of hydrogen-bond donors (Lipinski definition) is 1. The molecule has 1 heterocycles. The molecular weight excluding hydrogens is 250 g/mol. The lowest BCUT2D eigenvalue weighted by Gasteiger charge is -2.17. The molecule has 0 amide bonds. The molecule has 20 heavy (non-hydrogen) atoms. The number of anilines is 1. The summed E-state index contributed by atoms with van der Waals surface area (Å²) in [5.41, 5.74) is 9.95. The van der Waals surface area contributed by atoms with Crippen molar-refractivity contribution in [3.05, 3.63) is 58.7 Å². The van der Waals surface area contributed by atoms with Crippen molar-refractivity contribution < 1.29 is 9.53 Å². The van der Waals surface area contributed by atoms with Gasteiger partial charge < -0.3 is 10.5 Å². The second-order valence-corrected chi connectivity index (χ2v) is 5.18. The van der Waals surface area contributed by atoms with Gasteiger partial charge in [-0.15, -0.1) is 0 Å². The third-order valence-corrected chi connectivity index (χ3v) is 3.71. The third kappa shape index (κ3) is 2.27. The topological polar surface area (TPSA) is 52.3 Å². The van der Waals surface area contributed by atoms with E-state index in [1.54, 1.807) is 6.07 Å². The van der Waals surface area contributed by atoms with Crippen molar-refractivity contribution in [1.82, 2.24) is 0 Å². The van der Waals surface area contributed by atoms with Crippen LogP contribution in [0.1, 0.15) is 33.5 Å². The summed E-state index contributed by atoms with van der Waals surface area (Å²) in [6.45, 7) is 2.69. The molecule has 1 aliphatic rings. The summed E-state index contributed by atoms with van der Waals surface area (Å²) in [6.07, 6.45) is 1.97. The molecule has 3 nitrogen and oxygen atoms in total. The summed E-state index contributed by atoms with van der Waals surface area (Å²) >= 11 is 0. The Kier molecular flexibility index (Phi) is 3.18. The first kappa shape index (κ1) is 12.7. The number of hydrogen-bond acceptors (Lipinski definition) is 3. The number of ether oxygens (including phenoxy) is 1. The molecule has 3 heteroatoms. The standard InChI is InChI=1S/C17H17NO2/c1-11-4-5-14(10-15(11)18)17(19)13-6-7-16-12(9-13)3-2-8-20-16/h4-7,9-10H,2-3,8,18H2,1H3. The van der Waals surface area contributed by atoms with Gasteiger partial charge in [0, 0.05) is 16.8 Å². The van der Waals surface area contributed by atoms with Gasteiger partial charge in [0.2, 0.25) is 0 Å². The molecule has 0 atom stereocenters. The Morgan fingerprint density at radius 3 is 2.70 bits per heavy atom. The lowest BCUT2D eigenvalue weighted by atomic mass is 9.97. The number of ketones is 1.